The number of carbonyl (C=O) groups is 3. The molecule has 10 nitrogen and oxygen atoms in total. The van der Waals surface area contributed by atoms with Gasteiger partial charge in [0, 0.05) is 25.7 Å². The molecule has 0 saturated carbocycles. The number of likely N-dealkylation sites (N-methyl/N-ethyl adjacent to an activating group) is 2. The summed E-state index contributed by atoms with van der Waals surface area (Å²) in [5.41, 5.74) is 1.59. The molecule has 0 spiro atoms. The standard InChI is InChI=1S/C27H27N5O5/c1-15(2)30(5)26(35)16(3)29-25(34)17(4)32-14-28-24-19(8-7-9-20(24)27(32)36)18-10-11-22-21(12-18)31(6)23(33)13-37-22/h7-12,14-15H,3-4,13H2,1-2,5-6H3,(H,29,34). The molecule has 3 aromatic rings. The van der Waals surface area contributed by atoms with E-state index < -0.39 is 17.4 Å². The zero-order valence-corrected chi connectivity index (χ0v) is 21.1. The van der Waals surface area contributed by atoms with Gasteiger partial charge in [-0.1, -0.05) is 31.4 Å². The SMILES string of the molecule is C=C(NC(=O)C(=C)n1cnc2c(-c3ccc4c(c3)N(C)C(=O)CO4)cccc2c1=O)C(=O)N(C)C(C)C. The number of carbonyl (C=O) groups excluding carboxylic acids is 3. The molecule has 0 bridgehead atoms. The molecule has 1 aliphatic heterocycles. The molecule has 0 radical (unpaired) electrons. The molecule has 3 amide bonds. The molecular formula is C27H27N5O5. The minimum Gasteiger partial charge on any atom is -0.482 e. The molecule has 0 saturated heterocycles. The minimum absolute atomic E-state index is 0.0222. The van der Waals surface area contributed by atoms with Crippen LogP contribution < -0.4 is 20.5 Å². The van der Waals surface area contributed by atoms with Gasteiger partial charge in [-0.2, -0.15) is 0 Å². The Labute approximate surface area is 213 Å². The van der Waals surface area contributed by atoms with Crippen LogP contribution in [0.2, 0.25) is 0 Å². The number of nitrogens with zero attached hydrogens (tertiary/aromatic N) is 4. The van der Waals surface area contributed by atoms with Crippen LogP contribution in [0.15, 0.2) is 66.4 Å². The Hall–Kier alpha value is -4.73. The average molecular weight is 502 g/mol. The molecule has 0 atom stereocenters. The van der Waals surface area contributed by atoms with Gasteiger partial charge in [-0.3, -0.25) is 23.7 Å². The van der Waals surface area contributed by atoms with Crippen molar-refractivity contribution in [2.45, 2.75) is 19.9 Å². The zero-order chi connectivity index (χ0) is 27.0. The summed E-state index contributed by atoms with van der Waals surface area (Å²) in [7, 11) is 3.27. The second kappa shape index (κ2) is 9.73. The molecule has 1 aromatic heterocycles. The number of anilines is 1. The monoisotopic (exact) mass is 501 g/mol. The summed E-state index contributed by atoms with van der Waals surface area (Å²) in [6, 6.07) is 10.4. The maximum Gasteiger partial charge on any atom is 0.272 e. The number of para-hydroxylation sites is 1. The highest BCUT2D eigenvalue weighted by Gasteiger charge is 2.24. The van der Waals surface area contributed by atoms with Crippen LogP contribution in [0.5, 0.6) is 5.75 Å². The van der Waals surface area contributed by atoms with Crippen molar-refractivity contribution in [3.05, 3.63) is 71.9 Å². The summed E-state index contributed by atoms with van der Waals surface area (Å²) in [5.74, 6) is -0.783. The number of nitrogens with one attached hydrogen (secondary N) is 1. The van der Waals surface area contributed by atoms with Crippen LogP contribution in [0.1, 0.15) is 13.8 Å². The van der Waals surface area contributed by atoms with E-state index in [0.717, 1.165) is 10.1 Å². The van der Waals surface area contributed by atoms with Crippen LogP contribution in [-0.4, -0.2) is 58.9 Å². The largest absolute Gasteiger partial charge is 0.482 e. The third kappa shape index (κ3) is 4.61. The lowest BCUT2D eigenvalue weighted by Gasteiger charge is -2.26. The van der Waals surface area contributed by atoms with E-state index in [1.165, 1.54) is 16.1 Å². The van der Waals surface area contributed by atoms with Gasteiger partial charge in [0.2, 0.25) is 0 Å². The molecule has 4 rings (SSSR count). The molecule has 1 N–H and O–H groups in total. The number of fused-ring (bicyclic) bond motifs is 2. The van der Waals surface area contributed by atoms with Crippen molar-refractivity contribution in [3.63, 3.8) is 0 Å². The second-order valence-corrected chi connectivity index (χ2v) is 8.93. The lowest BCUT2D eigenvalue weighted by Crippen LogP contribution is -2.40. The van der Waals surface area contributed by atoms with E-state index in [1.54, 1.807) is 38.4 Å². The Bertz CT molecular complexity index is 1540. The number of aromatic nitrogens is 2. The summed E-state index contributed by atoms with van der Waals surface area (Å²) in [5, 5.41) is 2.67. The van der Waals surface area contributed by atoms with Crippen LogP contribution >= 0.6 is 0 Å². The number of benzene rings is 2. The van der Waals surface area contributed by atoms with Crippen molar-refractivity contribution in [2.24, 2.45) is 0 Å². The summed E-state index contributed by atoms with van der Waals surface area (Å²) in [6.07, 6.45) is 1.22. The second-order valence-electron chi connectivity index (χ2n) is 8.93. The highest BCUT2D eigenvalue weighted by Crippen LogP contribution is 2.36. The quantitative estimate of drug-likeness (QED) is 0.519. The molecular weight excluding hydrogens is 474 g/mol. The molecule has 0 aliphatic carbocycles. The number of ether oxygens (including phenoxy) is 1. The first-order chi connectivity index (χ1) is 17.5. The van der Waals surface area contributed by atoms with Crippen LogP contribution in [0.4, 0.5) is 5.69 Å². The summed E-state index contributed by atoms with van der Waals surface area (Å²) < 4.78 is 6.52. The molecule has 2 heterocycles. The number of hydrogen-bond acceptors (Lipinski definition) is 6. The Morgan fingerprint density at radius 1 is 1.16 bits per heavy atom. The van der Waals surface area contributed by atoms with Crippen molar-refractivity contribution in [1.29, 1.82) is 0 Å². The Morgan fingerprint density at radius 2 is 1.89 bits per heavy atom. The first-order valence-corrected chi connectivity index (χ1v) is 11.5. The molecule has 2 aromatic carbocycles. The smallest absolute Gasteiger partial charge is 0.272 e. The van der Waals surface area contributed by atoms with E-state index in [4.69, 9.17) is 4.74 Å². The van der Waals surface area contributed by atoms with Crippen LogP contribution in [0, 0.1) is 0 Å². The third-order valence-corrected chi connectivity index (χ3v) is 6.31. The van der Waals surface area contributed by atoms with Gasteiger partial charge in [-0.15, -0.1) is 0 Å². The topological polar surface area (TPSA) is 114 Å². The summed E-state index contributed by atoms with van der Waals surface area (Å²) in [6.45, 7) is 11.0. The van der Waals surface area contributed by atoms with Gasteiger partial charge in [-0.25, -0.2) is 4.98 Å². The van der Waals surface area contributed by atoms with E-state index >= 15 is 0 Å². The van der Waals surface area contributed by atoms with Crippen LogP contribution in [0.25, 0.3) is 27.7 Å². The predicted molar refractivity (Wildman–Crippen MR) is 141 cm³/mol. The third-order valence-electron chi connectivity index (χ3n) is 6.31. The maximum atomic E-state index is 13.3. The van der Waals surface area contributed by atoms with E-state index in [-0.39, 0.29) is 35.3 Å². The predicted octanol–water partition coefficient (Wildman–Crippen LogP) is 2.39. The average Bonchev–Trinajstić information content (AvgIpc) is 2.89. The molecule has 0 fully saturated rings. The zero-order valence-electron chi connectivity index (χ0n) is 21.1. The van der Waals surface area contributed by atoms with Gasteiger partial charge in [0.15, 0.2) is 6.61 Å². The van der Waals surface area contributed by atoms with Crippen molar-refractivity contribution >= 4 is 40.0 Å². The van der Waals surface area contributed by atoms with Gasteiger partial charge in [0.05, 0.1) is 22.3 Å². The number of hydrogen-bond donors (Lipinski definition) is 1. The van der Waals surface area contributed by atoms with E-state index in [0.29, 0.717) is 22.5 Å². The summed E-state index contributed by atoms with van der Waals surface area (Å²) in [4.78, 5) is 57.9. The van der Waals surface area contributed by atoms with Gasteiger partial charge in [-0.05, 0) is 37.6 Å². The minimum atomic E-state index is -0.752. The van der Waals surface area contributed by atoms with Gasteiger partial charge in [0.1, 0.15) is 17.8 Å². The first-order valence-electron chi connectivity index (χ1n) is 11.5. The van der Waals surface area contributed by atoms with E-state index in [9.17, 15) is 19.2 Å². The van der Waals surface area contributed by atoms with Crippen molar-refractivity contribution < 1.29 is 19.1 Å². The molecule has 1 aliphatic rings. The molecule has 190 valence electrons. The molecule has 10 heteroatoms. The molecule has 0 unspecified atom stereocenters. The van der Waals surface area contributed by atoms with Crippen molar-refractivity contribution in [3.8, 4) is 16.9 Å². The Kier molecular flexibility index (Phi) is 6.67. The normalized spacial score (nSPS) is 12.7. The fourth-order valence-electron chi connectivity index (χ4n) is 3.84. The number of amides is 3. The lowest BCUT2D eigenvalue weighted by molar-refractivity contribution is -0.129. The van der Waals surface area contributed by atoms with Crippen molar-refractivity contribution in [1.82, 2.24) is 19.8 Å². The fraction of sp³-hybridized carbons (Fsp3) is 0.222. The van der Waals surface area contributed by atoms with Gasteiger partial charge >= 0.3 is 0 Å². The first kappa shape index (κ1) is 25.4. The van der Waals surface area contributed by atoms with E-state index in [2.05, 4.69) is 23.5 Å². The van der Waals surface area contributed by atoms with Crippen LogP contribution in [0.3, 0.4) is 0 Å². The maximum absolute atomic E-state index is 13.3. The highest BCUT2D eigenvalue weighted by atomic mass is 16.5. The van der Waals surface area contributed by atoms with Gasteiger partial charge in [0.25, 0.3) is 23.3 Å². The highest BCUT2D eigenvalue weighted by molar-refractivity contribution is 6.15. The van der Waals surface area contributed by atoms with Crippen LogP contribution in [-0.2, 0) is 14.4 Å². The molecule has 37 heavy (non-hydrogen) atoms. The lowest BCUT2D eigenvalue weighted by atomic mass is 10.0. The van der Waals surface area contributed by atoms with E-state index in [1.807, 2.05) is 26.0 Å². The van der Waals surface area contributed by atoms with Crippen molar-refractivity contribution in [2.75, 3.05) is 25.6 Å². The van der Waals surface area contributed by atoms with Gasteiger partial charge < -0.3 is 19.9 Å². The Morgan fingerprint density at radius 3 is 2.59 bits per heavy atom. The number of rotatable bonds is 6. The summed E-state index contributed by atoms with van der Waals surface area (Å²) >= 11 is 0. The fourth-order valence-corrected chi connectivity index (χ4v) is 3.84. The Balaban J connectivity index is 1.66.